The zero-order valence-electron chi connectivity index (χ0n) is 28.1. The van der Waals surface area contributed by atoms with Crippen LogP contribution in [0.5, 0.6) is 0 Å². The van der Waals surface area contributed by atoms with E-state index in [-0.39, 0.29) is 12.5 Å². The molecule has 0 bridgehead atoms. The Kier molecular flexibility index (Phi) is 26.7. The Bertz CT molecular complexity index is 856. The Labute approximate surface area is 270 Å². The molecule has 2 unspecified atom stereocenters. The van der Waals surface area contributed by atoms with Crippen LogP contribution >= 0.6 is 0 Å². The standard InChI is InChI=1S/C39H65NO4/c1-3-5-7-8-9-10-11-14-17-20-23-27-30-36(42)35(34-41)40-39(43)33-29-25-22-19-16-13-12-15-18-21-24-28-32-38-37(44-38)31-26-6-4-2/h6,13,15-16,18,22,24-28,30,35-38,41-42H,3-5,7-12,14,17,19-21,23,29,31-34H2,1-2H3,(H,40,43)/b16-13-,18-15-,25-22-,26-6-,28-24-,30-27+/t35-,36+,37?,38?/m0/s1. The monoisotopic (exact) mass is 611 g/mol. The van der Waals surface area contributed by atoms with Crippen LogP contribution < -0.4 is 5.32 Å². The molecule has 0 aromatic heterocycles. The fourth-order valence-corrected chi connectivity index (χ4v) is 5.00. The molecule has 0 aromatic carbocycles. The first kappa shape index (κ1) is 39.8. The Hall–Kier alpha value is -2.21. The minimum absolute atomic E-state index is 0.154. The number of hydrogen-bond donors (Lipinski definition) is 3. The molecule has 44 heavy (non-hydrogen) atoms. The quantitative estimate of drug-likeness (QED) is 0.0447. The number of amides is 1. The second-order valence-corrected chi connectivity index (χ2v) is 11.9. The van der Waals surface area contributed by atoms with Gasteiger partial charge in [0.1, 0.15) is 0 Å². The molecule has 0 aromatic rings. The third-order valence-electron chi connectivity index (χ3n) is 7.86. The SMILES string of the molecule is CC/C=C\CC1OC1C/C=C\C/C=C\C/C=C\C/C=C\CCC(=O)N[C@@H](CO)[C@H](O)/C=C/CCCCCCCCCCCC. The third-order valence-corrected chi connectivity index (χ3v) is 7.86. The lowest BCUT2D eigenvalue weighted by Crippen LogP contribution is -2.45. The molecule has 5 nitrogen and oxygen atoms in total. The number of unbranched alkanes of at least 4 members (excludes halogenated alkanes) is 10. The van der Waals surface area contributed by atoms with Crippen molar-refractivity contribution >= 4 is 5.91 Å². The van der Waals surface area contributed by atoms with E-state index in [1.54, 1.807) is 6.08 Å². The minimum Gasteiger partial charge on any atom is -0.394 e. The van der Waals surface area contributed by atoms with Gasteiger partial charge in [-0.3, -0.25) is 4.79 Å². The highest BCUT2D eigenvalue weighted by molar-refractivity contribution is 5.76. The van der Waals surface area contributed by atoms with Crippen molar-refractivity contribution in [3.8, 4) is 0 Å². The van der Waals surface area contributed by atoms with Crippen molar-refractivity contribution < 1.29 is 19.7 Å². The summed E-state index contributed by atoms with van der Waals surface area (Å²) in [5.74, 6) is -0.154. The number of epoxide rings is 1. The Morgan fingerprint density at radius 1 is 0.682 bits per heavy atom. The van der Waals surface area contributed by atoms with Crippen molar-refractivity contribution in [3.63, 3.8) is 0 Å². The normalized spacial score (nSPS) is 18.6. The molecule has 4 atom stereocenters. The van der Waals surface area contributed by atoms with E-state index in [9.17, 15) is 15.0 Å². The van der Waals surface area contributed by atoms with Crippen LogP contribution in [0.2, 0.25) is 0 Å². The van der Waals surface area contributed by atoms with Gasteiger partial charge in [-0.05, 0) is 57.8 Å². The van der Waals surface area contributed by atoms with Gasteiger partial charge in [-0.1, -0.05) is 145 Å². The van der Waals surface area contributed by atoms with E-state index in [1.807, 2.05) is 12.2 Å². The molecule has 250 valence electrons. The van der Waals surface area contributed by atoms with Crippen molar-refractivity contribution in [2.75, 3.05) is 6.61 Å². The molecule has 1 aliphatic heterocycles. The maximum Gasteiger partial charge on any atom is 0.220 e. The molecule has 1 saturated heterocycles. The molecule has 0 saturated carbocycles. The summed E-state index contributed by atoms with van der Waals surface area (Å²) in [4.78, 5) is 12.3. The lowest BCUT2D eigenvalue weighted by Gasteiger charge is -2.19. The minimum atomic E-state index is -0.874. The molecule has 0 aliphatic carbocycles. The van der Waals surface area contributed by atoms with E-state index >= 15 is 0 Å². The van der Waals surface area contributed by atoms with Crippen LogP contribution in [-0.4, -0.2) is 47.1 Å². The largest absolute Gasteiger partial charge is 0.394 e. The van der Waals surface area contributed by atoms with Crippen molar-refractivity contribution in [1.82, 2.24) is 5.32 Å². The molecule has 1 rings (SSSR count). The third kappa shape index (κ3) is 24.2. The van der Waals surface area contributed by atoms with Crippen LogP contribution in [0.4, 0.5) is 0 Å². The fourth-order valence-electron chi connectivity index (χ4n) is 5.00. The Morgan fingerprint density at radius 3 is 1.77 bits per heavy atom. The lowest BCUT2D eigenvalue weighted by molar-refractivity contribution is -0.122. The van der Waals surface area contributed by atoms with Gasteiger partial charge in [-0.25, -0.2) is 0 Å². The molecular formula is C39H65NO4. The van der Waals surface area contributed by atoms with E-state index in [2.05, 4.69) is 73.8 Å². The van der Waals surface area contributed by atoms with Gasteiger partial charge in [0.25, 0.3) is 0 Å². The summed E-state index contributed by atoms with van der Waals surface area (Å²) in [6.45, 7) is 4.12. The number of hydrogen-bond acceptors (Lipinski definition) is 4. The predicted octanol–water partition coefficient (Wildman–Crippen LogP) is 9.38. The second-order valence-electron chi connectivity index (χ2n) is 11.9. The van der Waals surface area contributed by atoms with Gasteiger partial charge in [0, 0.05) is 6.42 Å². The summed E-state index contributed by atoms with van der Waals surface area (Å²) in [6.07, 6.45) is 46.0. The average Bonchev–Trinajstić information content (AvgIpc) is 3.78. The van der Waals surface area contributed by atoms with Crippen LogP contribution in [0.3, 0.4) is 0 Å². The van der Waals surface area contributed by atoms with Crippen LogP contribution in [0, 0.1) is 0 Å². The molecular weight excluding hydrogens is 546 g/mol. The average molecular weight is 612 g/mol. The van der Waals surface area contributed by atoms with E-state index in [0.717, 1.165) is 51.4 Å². The molecule has 0 spiro atoms. The number of nitrogens with one attached hydrogen (secondary N) is 1. The zero-order valence-corrected chi connectivity index (χ0v) is 28.1. The van der Waals surface area contributed by atoms with Crippen molar-refractivity contribution in [1.29, 1.82) is 0 Å². The van der Waals surface area contributed by atoms with Crippen LogP contribution in [0.25, 0.3) is 0 Å². The van der Waals surface area contributed by atoms with Crippen molar-refractivity contribution in [2.24, 2.45) is 0 Å². The molecule has 0 radical (unpaired) electrons. The molecule has 1 amide bonds. The topological polar surface area (TPSA) is 82.1 Å². The number of aliphatic hydroxyl groups is 2. The molecule has 3 N–H and O–H groups in total. The van der Waals surface area contributed by atoms with Crippen LogP contribution in [0.1, 0.15) is 136 Å². The summed E-state index contributed by atoms with van der Waals surface area (Å²) in [5.41, 5.74) is 0. The number of ether oxygens (including phenoxy) is 1. The highest BCUT2D eigenvalue weighted by Crippen LogP contribution is 2.29. The molecule has 5 heteroatoms. The molecule has 1 aliphatic rings. The smallest absolute Gasteiger partial charge is 0.220 e. The summed E-state index contributed by atoms with van der Waals surface area (Å²) in [7, 11) is 0. The van der Waals surface area contributed by atoms with Gasteiger partial charge < -0.3 is 20.3 Å². The highest BCUT2D eigenvalue weighted by Gasteiger charge is 2.35. The first-order valence-electron chi connectivity index (χ1n) is 17.8. The Morgan fingerprint density at radius 2 is 1.20 bits per heavy atom. The second kappa shape index (κ2) is 29.5. The summed E-state index contributed by atoms with van der Waals surface area (Å²) in [5, 5.41) is 22.8. The summed E-state index contributed by atoms with van der Waals surface area (Å²) >= 11 is 0. The van der Waals surface area contributed by atoms with E-state index in [0.29, 0.717) is 25.0 Å². The number of carbonyl (C=O) groups excluding carboxylic acids is 1. The van der Waals surface area contributed by atoms with E-state index < -0.39 is 12.1 Å². The number of rotatable bonds is 29. The van der Waals surface area contributed by atoms with Crippen LogP contribution in [0.15, 0.2) is 72.9 Å². The van der Waals surface area contributed by atoms with Crippen LogP contribution in [-0.2, 0) is 9.53 Å². The van der Waals surface area contributed by atoms with E-state index in [1.165, 1.54) is 57.8 Å². The van der Waals surface area contributed by atoms with E-state index in [4.69, 9.17) is 4.74 Å². The van der Waals surface area contributed by atoms with Gasteiger partial charge >= 0.3 is 0 Å². The number of aliphatic hydroxyl groups excluding tert-OH is 2. The fraction of sp³-hybridized carbons (Fsp3) is 0.667. The summed E-state index contributed by atoms with van der Waals surface area (Å²) in [6, 6.07) is -0.667. The van der Waals surface area contributed by atoms with Gasteiger partial charge in [0.2, 0.25) is 5.91 Å². The van der Waals surface area contributed by atoms with Gasteiger partial charge in [-0.2, -0.15) is 0 Å². The molecule has 1 fully saturated rings. The first-order valence-corrected chi connectivity index (χ1v) is 17.8. The first-order chi connectivity index (χ1) is 21.6. The van der Waals surface area contributed by atoms with Gasteiger partial charge in [-0.15, -0.1) is 0 Å². The summed E-state index contributed by atoms with van der Waals surface area (Å²) < 4.78 is 5.67. The van der Waals surface area contributed by atoms with Crippen molar-refractivity contribution in [3.05, 3.63) is 72.9 Å². The van der Waals surface area contributed by atoms with Gasteiger partial charge in [0.15, 0.2) is 0 Å². The van der Waals surface area contributed by atoms with Crippen molar-refractivity contribution in [2.45, 2.75) is 160 Å². The predicted molar refractivity (Wildman–Crippen MR) is 188 cm³/mol. The number of carbonyl (C=O) groups is 1. The lowest BCUT2D eigenvalue weighted by atomic mass is 10.1. The Balaban J connectivity index is 2.02. The zero-order chi connectivity index (χ0) is 31.9. The molecule has 1 heterocycles. The maximum absolute atomic E-state index is 12.3. The maximum atomic E-state index is 12.3. The van der Waals surface area contributed by atoms with Gasteiger partial charge in [0.05, 0.1) is 31.0 Å². The highest BCUT2D eigenvalue weighted by atomic mass is 16.6. The number of allylic oxidation sites excluding steroid dienone is 9.